The number of ether oxygens (including phenoxy) is 1. The number of methoxy groups -OCH3 is 1. The molecular weight excluding hydrogens is 565 g/mol. The van der Waals surface area contributed by atoms with E-state index >= 15 is 0 Å². The van der Waals surface area contributed by atoms with Crippen molar-refractivity contribution < 1.29 is 14.3 Å². The van der Waals surface area contributed by atoms with Gasteiger partial charge in [-0.15, -0.1) is 0 Å². The number of benzene rings is 3. The average Bonchev–Trinajstić information content (AvgIpc) is 3.43. The quantitative estimate of drug-likeness (QED) is 0.102. The largest absolute Gasteiger partial charge is 0.495 e. The van der Waals surface area contributed by atoms with Crippen LogP contribution in [0.5, 0.6) is 5.75 Å². The number of rotatable bonds is 8. The number of aromatic nitrogens is 3. The summed E-state index contributed by atoms with van der Waals surface area (Å²) in [7, 11) is 1.53. The van der Waals surface area contributed by atoms with E-state index in [1.807, 2.05) is 41.0 Å². The maximum atomic E-state index is 14.0. The van der Waals surface area contributed by atoms with Gasteiger partial charge in [-0.05, 0) is 48.5 Å². The second-order valence-electron chi connectivity index (χ2n) is 8.97. The Labute approximate surface area is 242 Å². The third kappa shape index (κ3) is 4.55. The van der Waals surface area contributed by atoms with Gasteiger partial charge in [0.15, 0.2) is 14.8 Å². The molecular formula is C29H22N4O4S3. The first-order chi connectivity index (χ1) is 19.5. The number of aryl methyl sites for hydroxylation is 2. The molecule has 2 aromatic heterocycles. The molecule has 8 nitrogen and oxygen atoms in total. The van der Waals surface area contributed by atoms with Crippen LogP contribution in [0.15, 0.2) is 88.8 Å². The van der Waals surface area contributed by atoms with Crippen molar-refractivity contribution in [3.05, 3.63) is 110 Å². The Morgan fingerprint density at radius 1 is 0.900 bits per heavy atom. The van der Waals surface area contributed by atoms with Gasteiger partial charge in [0.1, 0.15) is 10.4 Å². The van der Waals surface area contributed by atoms with Gasteiger partial charge in [-0.2, -0.15) is 0 Å². The number of carbonyl (C=O) groups is 2. The van der Waals surface area contributed by atoms with E-state index in [1.54, 1.807) is 42.5 Å². The highest BCUT2D eigenvalue weighted by Crippen LogP contribution is 2.31. The maximum Gasteiger partial charge on any atom is 0.278 e. The molecule has 40 heavy (non-hydrogen) atoms. The van der Waals surface area contributed by atoms with Crippen LogP contribution in [0.2, 0.25) is 0 Å². The van der Waals surface area contributed by atoms with E-state index in [1.165, 1.54) is 27.9 Å². The molecule has 0 unspecified atom stereocenters. The third-order valence-corrected chi connectivity index (χ3v) is 9.00. The Morgan fingerprint density at radius 2 is 1.55 bits per heavy atom. The molecule has 0 N–H and O–H groups in total. The number of hydrogen-bond donors (Lipinski definition) is 0. The SMILES string of the molecule is COc1ccccc1-n1c(SCN2C(=O)c3ccccc3C2=O)nc2c(sc(=S)n2CCc2ccccc2)c1=O. The van der Waals surface area contributed by atoms with E-state index in [-0.39, 0.29) is 23.3 Å². The summed E-state index contributed by atoms with van der Waals surface area (Å²) >= 11 is 8.02. The van der Waals surface area contributed by atoms with Crippen molar-refractivity contribution in [3.63, 3.8) is 0 Å². The average molecular weight is 587 g/mol. The summed E-state index contributed by atoms with van der Waals surface area (Å²) in [5, 5.41) is 0.319. The molecule has 0 radical (unpaired) electrons. The molecule has 0 fully saturated rings. The molecule has 200 valence electrons. The molecule has 0 spiro atoms. The molecule has 0 atom stereocenters. The van der Waals surface area contributed by atoms with Crippen LogP contribution in [0.1, 0.15) is 26.3 Å². The molecule has 3 heterocycles. The first kappa shape index (κ1) is 26.2. The number of imide groups is 1. The topological polar surface area (TPSA) is 86.4 Å². The minimum Gasteiger partial charge on any atom is -0.495 e. The Bertz CT molecular complexity index is 1860. The van der Waals surface area contributed by atoms with Gasteiger partial charge >= 0.3 is 0 Å². The molecule has 2 amide bonds. The minimum absolute atomic E-state index is 0.0195. The molecule has 0 bridgehead atoms. The van der Waals surface area contributed by atoms with Crippen LogP contribution in [0.25, 0.3) is 16.0 Å². The molecule has 0 aliphatic carbocycles. The molecule has 11 heteroatoms. The van der Waals surface area contributed by atoms with Crippen LogP contribution in [0, 0.1) is 3.95 Å². The smallest absolute Gasteiger partial charge is 0.278 e. The summed E-state index contributed by atoms with van der Waals surface area (Å²) in [6.07, 6.45) is 0.718. The first-order valence-corrected chi connectivity index (χ1v) is 14.6. The van der Waals surface area contributed by atoms with Crippen LogP contribution >= 0.6 is 35.3 Å². The van der Waals surface area contributed by atoms with Crippen molar-refractivity contribution in [2.45, 2.75) is 18.1 Å². The van der Waals surface area contributed by atoms with Crippen molar-refractivity contribution in [2.75, 3.05) is 13.0 Å². The summed E-state index contributed by atoms with van der Waals surface area (Å²) in [5.74, 6) is -0.280. The van der Waals surface area contributed by atoms with Gasteiger partial charge in [0.25, 0.3) is 17.4 Å². The molecule has 3 aromatic carbocycles. The molecule has 0 saturated heterocycles. The van der Waals surface area contributed by atoms with Crippen LogP contribution < -0.4 is 10.3 Å². The van der Waals surface area contributed by atoms with Crippen molar-refractivity contribution in [3.8, 4) is 11.4 Å². The van der Waals surface area contributed by atoms with Gasteiger partial charge < -0.3 is 9.30 Å². The highest BCUT2D eigenvalue weighted by atomic mass is 32.2. The van der Waals surface area contributed by atoms with Gasteiger partial charge in [-0.3, -0.25) is 23.9 Å². The van der Waals surface area contributed by atoms with E-state index in [4.69, 9.17) is 21.9 Å². The number of thiazole rings is 1. The number of amides is 2. The second kappa shape index (κ2) is 10.8. The van der Waals surface area contributed by atoms with Crippen LogP contribution in [-0.2, 0) is 13.0 Å². The lowest BCUT2D eigenvalue weighted by Gasteiger charge is -2.17. The minimum atomic E-state index is -0.373. The molecule has 5 aromatic rings. The van der Waals surface area contributed by atoms with Crippen LogP contribution in [-0.4, -0.2) is 43.8 Å². The fourth-order valence-electron chi connectivity index (χ4n) is 4.66. The van der Waals surface area contributed by atoms with E-state index in [0.29, 0.717) is 48.6 Å². The van der Waals surface area contributed by atoms with E-state index in [0.717, 1.165) is 23.7 Å². The Morgan fingerprint density at radius 3 is 2.25 bits per heavy atom. The van der Waals surface area contributed by atoms with Crippen molar-refractivity contribution >= 4 is 57.5 Å². The summed E-state index contributed by atoms with van der Waals surface area (Å²) in [6, 6.07) is 23.9. The maximum absolute atomic E-state index is 14.0. The monoisotopic (exact) mass is 586 g/mol. The molecule has 1 aliphatic heterocycles. The molecule has 1 aliphatic rings. The summed E-state index contributed by atoms with van der Waals surface area (Å²) in [6.45, 7) is 0.552. The van der Waals surface area contributed by atoms with Gasteiger partial charge in [0.2, 0.25) is 0 Å². The van der Waals surface area contributed by atoms with Crippen molar-refractivity contribution in [2.24, 2.45) is 0 Å². The summed E-state index contributed by atoms with van der Waals surface area (Å²) in [5.41, 5.74) is 2.56. The van der Waals surface area contributed by atoms with E-state index < -0.39 is 0 Å². The highest BCUT2D eigenvalue weighted by molar-refractivity contribution is 7.99. The predicted octanol–water partition coefficient (Wildman–Crippen LogP) is 5.58. The molecule has 6 rings (SSSR count). The molecule has 0 saturated carbocycles. The van der Waals surface area contributed by atoms with Crippen molar-refractivity contribution in [1.82, 2.24) is 19.0 Å². The highest BCUT2D eigenvalue weighted by Gasteiger charge is 2.35. The predicted molar refractivity (Wildman–Crippen MR) is 158 cm³/mol. The van der Waals surface area contributed by atoms with E-state index in [9.17, 15) is 14.4 Å². The lowest BCUT2D eigenvalue weighted by molar-refractivity contribution is 0.0684. The van der Waals surface area contributed by atoms with Gasteiger partial charge in [-0.1, -0.05) is 77.7 Å². The second-order valence-corrected chi connectivity index (χ2v) is 11.5. The normalized spacial score (nSPS) is 12.8. The number of thioether (sulfide) groups is 1. The number of carbonyl (C=O) groups excluding carboxylic acids is 2. The number of para-hydroxylation sites is 2. The number of nitrogens with zero attached hydrogens (tertiary/aromatic N) is 4. The fourth-order valence-corrected chi connectivity index (χ4v) is 6.92. The van der Waals surface area contributed by atoms with E-state index in [2.05, 4.69) is 0 Å². The zero-order chi connectivity index (χ0) is 27.8. The van der Waals surface area contributed by atoms with Gasteiger partial charge in [0, 0.05) is 6.54 Å². The van der Waals surface area contributed by atoms with Crippen LogP contribution in [0.3, 0.4) is 0 Å². The Balaban J connectivity index is 1.44. The van der Waals surface area contributed by atoms with Crippen LogP contribution in [0.4, 0.5) is 0 Å². The van der Waals surface area contributed by atoms with Gasteiger partial charge in [-0.25, -0.2) is 4.98 Å². The lowest BCUT2D eigenvalue weighted by atomic mass is 10.1. The summed E-state index contributed by atoms with van der Waals surface area (Å²) < 4.78 is 9.87. The zero-order valence-corrected chi connectivity index (χ0v) is 23.7. The third-order valence-electron chi connectivity index (χ3n) is 6.65. The summed E-state index contributed by atoms with van der Waals surface area (Å²) in [4.78, 5) is 46.1. The fraction of sp³-hybridized carbons (Fsp3) is 0.138. The van der Waals surface area contributed by atoms with Crippen molar-refractivity contribution in [1.29, 1.82) is 0 Å². The first-order valence-electron chi connectivity index (χ1n) is 12.4. The standard InChI is InChI=1S/C29H22N4O4S3/c1-37-22-14-8-7-13-21(22)33-27(36)23-24(31(29(38)40-23)16-15-18-9-3-2-4-10-18)30-28(33)39-17-32-25(34)19-11-5-6-12-20(19)26(32)35/h2-14H,15-17H2,1H3. The lowest BCUT2D eigenvalue weighted by Crippen LogP contribution is -2.30. The zero-order valence-electron chi connectivity index (χ0n) is 21.3. The number of hydrogen-bond acceptors (Lipinski definition) is 8. The Hall–Kier alpha value is -4.06. The Kier molecular flexibility index (Phi) is 7.09. The number of fused-ring (bicyclic) bond motifs is 2. The van der Waals surface area contributed by atoms with Gasteiger partial charge in [0.05, 0.1) is 29.8 Å².